The summed E-state index contributed by atoms with van der Waals surface area (Å²) >= 11 is 0. The number of aryl methyl sites for hydroxylation is 3. The van der Waals surface area contributed by atoms with Crippen molar-refractivity contribution in [2.45, 2.75) is 114 Å². The number of aliphatic hydroxyl groups is 2. The molecule has 0 aliphatic rings. The molecule has 18 aromatic rings. The minimum atomic E-state index is -0.125. The summed E-state index contributed by atoms with van der Waals surface area (Å²) in [5.41, 5.74) is 25.4. The first kappa shape index (κ1) is 95.6. The van der Waals surface area contributed by atoms with Crippen molar-refractivity contribution in [3.05, 3.63) is 403 Å². The van der Waals surface area contributed by atoms with Gasteiger partial charge in [-0.3, -0.25) is 14.6 Å². The maximum absolute atomic E-state index is 10.0. The molecule has 0 aliphatic heterocycles. The van der Waals surface area contributed by atoms with Crippen LogP contribution in [0.5, 0.6) is 0 Å². The smallest absolute Gasteiger partial charge is 0.512 e. The molecule has 0 spiro atoms. The summed E-state index contributed by atoms with van der Waals surface area (Å²) in [6.07, 6.45) is 8.04. The van der Waals surface area contributed by atoms with E-state index in [1.165, 1.54) is 117 Å². The number of rotatable bonds is 11. The molecule has 6 heterocycles. The van der Waals surface area contributed by atoms with Gasteiger partial charge in [0.25, 0.3) is 0 Å². The third-order valence-corrected chi connectivity index (χ3v) is 20.1. The molecule has 628 valence electrons. The fraction of sp³-hybridized carbons (Fsp3) is 0.153. The van der Waals surface area contributed by atoms with Crippen LogP contribution in [-0.2, 0) is 75.3 Å². The Bertz CT molecular complexity index is 6560. The van der Waals surface area contributed by atoms with E-state index in [1.807, 2.05) is 116 Å². The van der Waals surface area contributed by atoms with Crippen molar-refractivity contribution in [1.29, 1.82) is 0 Å². The number of ketones is 2. The number of carbonyl (C=O) groups is 2. The molecule has 18 rings (SSSR count). The first-order chi connectivity index (χ1) is 58.3. The van der Waals surface area contributed by atoms with Gasteiger partial charge >= 0.3 is 20.1 Å². The van der Waals surface area contributed by atoms with Gasteiger partial charge in [0.05, 0.1) is 17.0 Å². The van der Waals surface area contributed by atoms with E-state index in [-0.39, 0.29) is 88.8 Å². The molecule has 124 heavy (non-hydrogen) atoms. The van der Waals surface area contributed by atoms with Gasteiger partial charge in [-0.25, -0.2) is 0 Å². The zero-order valence-corrected chi connectivity index (χ0v) is 79.3. The van der Waals surface area contributed by atoms with Crippen LogP contribution in [0, 0.1) is 57.2 Å². The molecule has 0 atom stereocenters. The molecule has 0 saturated carbocycles. The van der Waals surface area contributed by atoms with E-state index < -0.39 is 0 Å². The van der Waals surface area contributed by atoms with E-state index in [0.717, 1.165) is 94.6 Å². The standard InChI is InChI=1S/C32H27NO.C21H20N.C20H14N.C17H14N.C11H8N.2C5H8O2.3Ir/c1-20(2)23-13-9-14-24(21(3)4)31(23)33-28-17-7-5-11-22(28)19-29(33)27-16-10-15-26-25-12-6-8-18-30(25)34-32(26)27;1-21(2,3)19-12-13-20(22-15-19)18-11-7-10-17(14-18)16-8-5-4-6-9-16;1-14-5-4-7-16(11-14)20-12-19-17(13-21-20)10-9-15-6-2-3-8-18(15)19;1-12-8-9-15-13(2)11-16(18-17(15)10-12)14-6-4-3-5-7-14;1-2-6-10(7-3-1)11-8-4-5-9-12-11;2*1-4(6)3-5(2)7;;;/h5-15,17-18,20-21H,1-4H3;4-10,12-15H,1-3H3;2-6,8-13H,1H3;3-6,8-11H,1-2H3;1-6,8-9H;2*3,6H,1-2H3;;;/q-2;4*-1;;;;;+3. The Kier molecular flexibility index (Phi) is 34.8. The van der Waals surface area contributed by atoms with Gasteiger partial charge in [0.2, 0.25) is 0 Å². The van der Waals surface area contributed by atoms with Crippen LogP contribution in [0.15, 0.2) is 338 Å². The van der Waals surface area contributed by atoms with Crippen molar-refractivity contribution in [1.82, 2.24) is 24.5 Å². The minimum absolute atomic E-state index is 0. The monoisotopic (exact) mass is 2160 g/mol. The Morgan fingerprint density at radius 3 is 1.63 bits per heavy atom. The van der Waals surface area contributed by atoms with Gasteiger partial charge in [-0.05, 0) is 160 Å². The van der Waals surface area contributed by atoms with Gasteiger partial charge in [-0.2, -0.15) is 23.8 Å². The first-order valence-corrected chi connectivity index (χ1v) is 40.6. The SMILES string of the molecule is CC(=O)C=C(C)O.CC(=O)C=C(C)O.CC(C)(C)c1ccc(-c2[c-]ccc(-c3ccccc3)c2)nc1.CC(C)c1cccc(C(C)C)c1-n1c(-c2[c-]ccc3c2oc2ccccc23)[c-]c2ccccc21.Cc1cc[c-]c(-c2cc3c(ccc4ccccc43)cn2)c1.Cc1ccc2c(C)cc(-c3[c-]cccc3)nc2c1.[Ir+3].[Ir].[Ir].[c-]1ccccc1-c1ccccn1. The fourth-order valence-corrected chi connectivity index (χ4v) is 14.2. The second kappa shape index (κ2) is 45.2. The van der Waals surface area contributed by atoms with Gasteiger partial charge in [0.15, 0.2) is 11.6 Å². The van der Waals surface area contributed by atoms with Crippen LogP contribution in [0.1, 0.15) is 121 Å². The first-order valence-electron chi connectivity index (χ1n) is 40.6. The molecule has 0 amide bonds. The van der Waals surface area contributed by atoms with E-state index in [9.17, 15) is 9.59 Å². The molecule has 6 aromatic heterocycles. The zero-order chi connectivity index (χ0) is 85.7. The minimum Gasteiger partial charge on any atom is -0.512 e. The van der Waals surface area contributed by atoms with Crippen LogP contribution in [-0.4, -0.2) is 46.3 Å². The van der Waals surface area contributed by atoms with Gasteiger partial charge < -0.3 is 34.1 Å². The van der Waals surface area contributed by atoms with Crippen LogP contribution < -0.4 is 0 Å². The van der Waals surface area contributed by atoms with E-state index in [4.69, 9.17) is 19.6 Å². The molecule has 10 nitrogen and oxygen atoms in total. The number of allylic oxidation sites excluding steroid dienone is 4. The van der Waals surface area contributed by atoms with Crippen LogP contribution in [0.3, 0.4) is 0 Å². The largest absolute Gasteiger partial charge is 3.00 e. The molecular formula is C111H99Ir3N5O5-3. The third-order valence-electron chi connectivity index (χ3n) is 20.1. The summed E-state index contributed by atoms with van der Waals surface area (Å²) in [5, 5.41) is 26.2. The van der Waals surface area contributed by atoms with E-state index in [1.54, 1.807) is 6.20 Å². The van der Waals surface area contributed by atoms with Gasteiger partial charge in [-0.15, -0.1) is 172 Å². The van der Waals surface area contributed by atoms with Crippen molar-refractivity contribution in [2.24, 2.45) is 0 Å². The van der Waals surface area contributed by atoms with E-state index in [0.29, 0.717) is 11.8 Å². The molecule has 0 fully saturated rings. The number of furan rings is 1. The Morgan fingerprint density at radius 2 is 1.02 bits per heavy atom. The number of benzene rings is 12. The summed E-state index contributed by atoms with van der Waals surface area (Å²) in [6, 6.07) is 120. The van der Waals surface area contributed by atoms with E-state index in [2.05, 4.69) is 313 Å². The average molecular weight is 2160 g/mol. The maximum atomic E-state index is 10.0. The van der Waals surface area contributed by atoms with E-state index >= 15 is 0 Å². The topological polar surface area (TPSA) is 144 Å². The summed E-state index contributed by atoms with van der Waals surface area (Å²) in [6.45, 7) is 27.7. The van der Waals surface area contributed by atoms with Crippen LogP contribution in [0.2, 0.25) is 0 Å². The summed E-state index contributed by atoms with van der Waals surface area (Å²) < 4.78 is 8.80. The molecule has 0 bridgehead atoms. The number of hydrogen-bond acceptors (Lipinski definition) is 9. The summed E-state index contributed by atoms with van der Waals surface area (Å²) in [4.78, 5) is 38.2. The molecule has 0 saturated heterocycles. The third kappa shape index (κ3) is 25.0. The Labute approximate surface area is 770 Å². The van der Waals surface area contributed by atoms with Crippen molar-refractivity contribution < 1.29 is 84.5 Å². The molecule has 0 aliphatic carbocycles. The van der Waals surface area contributed by atoms with Crippen molar-refractivity contribution in [3.63, 3.8) is 0 Å². The number of nitrogens with zero attached hydrogens (tertiary/aromatic N) is 5. The Balaban J connectivity index is 0.000000173. The number of para-hydroxylation sites is 3. The van der Waals surface area contributed by atoms with Crippen molar-refractivity contribution in [3.8, 4) is 73.1 Å². The number of hydrogen-bond donors (Lipinski definition) is 2. The van der Waals surface area contributed by atoms with Crippen molar-refractivity contribution in [2.75, 3.05) is 0 Å². The predicted molar refractivity (Wildman–Crippen MR) is 501 cm³/mol. The van der Waals surface area contributed by atoms with Gasteiger partial charge in [0.1, 0.15) is 5.58 Å². The zero-order valence-electron chi connectivity index (χ0n) is 72.1. The second-order valence-electron chi connectivity index (χ2n) is 31.4. The molecule has 0 unspecified atom stereocenters. The number of carbonyl (C=O) groups excluding carboxylic acids is 2. The number of aromatic nitrogens is 5. The molecular weight excluding hydrogens is 2060 g/mol. The molecule has 13 heteroatoms. The van der Waals surface area contributed by atoms with Crippen molar-refractivity contribution >= 4 is 76.9 Å². The maximum Gasteiger partial charge on any atom is 3.00 e. The normalized spacial score (nSPS) is 11.0. The van der Waals surface area contributed by atoms with Gasteiger partial charge in [-0.1, -0.05) is 225 Å². The fourth-order valence-electron chi connectivity index (χ4n) is 14.2. The predicted octanol–water partition coefficient (Wildman–Crippen LogP) is 28.7. The van der Waals surface area contributed by atoms with Gasteiger partial charge in [0, 0.05) is 93.0 Å². The summed E-state index contributed by atoms with van der Waals surface area (Å²) in [7, 11) is 0. The number of aliphatic hydroxyl groups excluding tert-OH is 2. The molecule has 12 aromatic carbocycles. The molecule has 2 N–H and O–H groups in total. The Hall–Kier alpha value is -12.3. The van der Waals surface area contributed by atoms with Crippen LogP contribution >= 0.6 is 0 Å². The summed E-state index contributed by atoms with van der Waals surface area (Å²) in [5.74, 6) is 0.641. The quantitative estimate of drug-likeness (QED) is 0.0560. The van der Waals surface area contributed by atoms with Crippen LogP contribution in [0.4, 0.5) is 0 Å². The average Bonchev–Trinajstić information content (AvgIpc) is 1.57. The Morgan fingerprint density at radius 1 is 0.444 bits per heavy atom. The number of pyridine rings is 4. The van der Waals surface area contributed by atoms with Crippen LogP contribution in [0.25, 0.3) is 138 Å². The molecule has 2 radical (unpaired) electrons. The second-order valence-corrected chi connectivity index (χ2v) is 31.4. The number of fused-ring (bicyclic) bond motifs is 8.